The van der Waals surface area contributed by atoms with E-state index in [1.807, 2.05) is 0 Å². The number of carbonyl (C=O) groups is 1. The van der Waals surface area contributed by atoms with Crippen molar-refractivity contribution in [2.24, 2.45) is 5.14 Å². The van der Waals surface area contributed by atoms with Gasteiger partial charge in [0.05, 0.1) is 10.5 Å². The summed E-state index contributed by atoms with van der Waals surface area (Å²) >= 11 is 0. The highest BCUT2D eigenvalue weighted by Crippen LogP contribution is 2.31. The minimum atomic E-state index is -4.51. The first-order valence-electron chi connectivity index (χ1n) is 6.78. The van der Waals surface area contributed by atoms with Crippen molar-refractivity contribution >= 4 is 21.6 Å². The topological polar surface area (TPSA) is 98.5 Å². The van der Waals surface area contributed by atoms with Crippen molar-refractivity contribution in [3.8, 4) is 5.75 Å². The number of rotatable bonds is 5. The van der Waals surface area contributed by atoms with E-state index in [0.29, 0.717) is 0 Å². The lowest BCUT2D eigenvalue weighted by atomic mass is 10.2. The Labute approximate surface area is 141 Å². The van der Waals surface area contributed by atoms with Crippen molar-refractivity contribution < 1.29 is 31.1 Å². The molecule has 0 aliphatic heterocycles. The Balaban J connectivity index is 1.95. The Bertz CT molecular complexity index is 865. The number of ether oxygens (including phenoxy) is 1. The standard InChI is InChI=1S/C15H13F3N2O4S/c16-15(17,18)10-2-1-3-12(8-10)24-9-14(21)20-11-4-6-13(7-5-11)25(19,22)23/h1-8H,9H2,(H,20,21)(H2,19,22,23). The molecule has 6 nitrogen and oxygen atoms in total. The number of alkyl halides is 3. The van der Waals surface area contributed by atoms with Crippen LogP contribution in [0.3, 0.4) is 0 Å². The molecule has 0 bridgehead atoms. The van der Waals surface area contributed by atoms with Gasteiger partial charge in [-0.2, -0.15) is 13.2 Å². The molecule has 1 amide bonds. The summed E-state index contributed by atoms with van der Waals surface area (Å²) < 4.78 is 65.0. The molecule has 0 aromatic heterocycles. The SMILES string of the molecule is NS(=O)(=O)c1ccc(NC(=O)COc2cccc(C(F)(F)F)c2)cc1. The molecule has 0 fully saturated rings. The summed E-state index contributed by atoms with van der Waals surface area (Å²) in [4.78, 5) is 11.6. The maximum absolute atomic E-state index is 12.6. The van der Waals surface area contributed by atoms with E-state index in [1.54, 1.807) is 0 Å². The van der Waals surface area contributed by atoms with E-state index in [0.717, 1.165) is 12.1 Å². The van der Waals surface area contributed by atoms with Crippen molar-refractivity contribution in [2.45, 2.75) is 11.1 Å². The maximum atomic E-state index is 12.6. The highest BCUT2D eigenvalue weighted by molar-refractivity contribution is 7.89. The second-order valence-electron chi connectivity index (χ2n) is 4.93. The number of nitrogens with two attached hydrogens (primary N) is 1. The van der Waals surface area contributed by atoms with E-state index >= 15 is 0 Å². The van der Waals surface area contributed by atoms with Crippen LogP contribution in [0.4, 0.5) is 18.9 Å². The van der Waals surface area contributed by atoms with Crippen LogP contribution in [-0.2, 0) is 21.0 Å². The fourth-order valence-corrected chi connectivity index (χ4v) is 2.35. The number of halogens is 3. The molecule has 0 aliphatic rings. The van der Waals surface area contributed by atoms with Crippen LogP contribution in [0.15, 0.2) is 53.4 Å². The molecule has 0 unspecified atom stereocenters. The van der Waals surface area contributed by atoms with Gasteiger partial charge in [0.2, 0.25) is 10.0 Å². The molecule has 2 rings (SSSR count). The molecule has 0 heterocycles. The zero-order valence-electron chi connectivity index (χ0n) is 12.6. The van der Waals surface area contributed by atoms with Gasteiger partial charge < -0.3 is 10.1 Å². The second-order valence-corrected chi connectivity index (χ2v) is 6.49. The second kappa shape index (κ2) is 7.11. The number of sulfonamides is 1. The minimum Gasteiger partial charge on any atom is -0.484 e. The van der Waals surface area contributed by atoms with Gasteiger partial charge in [-0.25, -0.2) is 13.6 Å². The summed E-state index contributed by atoms with van der Waals surface area (Å²) in [7, 11) is -3.84. The van der Waals surface area contributed by atoms with Gasteiger partial charge >= 0.3 is 6.18 Å². The predicted octanol–water partition coefficient (Wildman–Crippen LogP) is 2.37. The van der Waals surface area contributed by atoms with Crippen molar-refractivity contribution in [1.82, 2.24) is 0 Å². The van der Waals surface area contributed by atoms with Crippen molar-refractivity contribution in [1.29, 1.82) is 0 Å². The number of amides is 1. The van der Waals surface area contributed by atoms with E-state index in [2.05, 4.69) is 5.32 Å². The lowest BCUT2D eigenvalue weighted by Crippen LogP contribution is -2.20. The average molecular weight is 374 g/mol. The Morgan fingerprint density at radius 1 is 1.12 bits per heavy atom. The first-order chi connectivity index (χ1) is 11.6. The molecule has 0 saturated carbocycles. The first-order valence-corrected chi connectivity index (χ1v) is 8.33. The molecule has 2 aromatic rings. The van der Waals surface area contributed by atoms with Gasteiger partial charge in [-0.05, 0) is 42.5 Å². The van der Waals surface area contributed by atoms with Gasteiger partial charge in [-0.15, -0.1) is 0 Å². The fourth-order valence-electron chi connectivity index (χ4n) is 1.84. The normalized spacial score (nSPS) is 11.8. The first kappa shape index (κ1) is 18.7. The van der Waals surface area contributed by atoms with Crippen LogP contribution in [0.2, 0.25) is 0 Å². The van der Waals surface area contributed by atoms with Crippen LogP contribution in [0.1, 0.15) is 5.56 Å². The number of nitrogens with one attached hydrogen (secondary N) is 1. The lowest BCUT2D eigenvalue weighted by Gasteiger charge is -2.10. The monoisotopic (exact) mass is 374 g/mol. The predicted molar refractivity (Wildman–Crippen MR) is 83.4 cm³/mol. The van der Waals surface area contributed by atoms with Crippen LogP contribution in [0, 0.1) is 0 Å². The maximum Gasteiger partial charge on any atom is 0.416 e. The molecular formula is C15H13F3N2O4S. The number of benzene rings is 2. The third-order valence-corrected chi connectivity index (χ3v) is 3.93. The number of carbonyl (C=O) groups excluding carboxylic acids is 1. The van der Waals surface area contributed by atoms with Gasteiger partial charge in [0, 0.05) is 5.69 Å². The Kier molecular flexibility index (Phi) is 5.33. The largest absolute Gasteiger partial charge is 0.484 e. The Morgan fingerprint density at radius 2 is 1.76 bits per heavy atom. The summed E-state index contributed by atoms with van der Waals surface area (Å²) in [6, 6.07) is 9.20. The van der Waals surface area contributed by atoms with Crippen LogP contribution in [0.25, 0.3) is 0 Å². The third kappa shape index (κ3) is 5.47. The molecule has 134 valence electrons. The lowest BCUT2D eigenvalue weighted by molar-refractivity contribution is -0.137. The summed E-state index contributed by atoms with van der Waals surface area (Å²) in [6.07, 6.45) is -4.51. The summed E-state index contributed by atoms with van der Waals surface area (Å²) in [5, 5.41) is 7.36. The van der Waals surface area contributed by atoms with Crippen LogP contribution >= 0.6 is 0 Å². The summed E-state index contributed by atoms with van der Waals surface area (Å²) in [6.45, 7) is -0.516. The molecule has 0 spiro atoms. The molecule has 10 heteroatoms. The zero-order chi connectivity index (χ0) is 18.7. The zero-order valence-corrected chi connectivity index (χ0v) is 13.4. The quantitative estimate of drug-likeness (QED) is 0.839. The fraction of sp³-hybridized carbons (Fsp3) is 0.133. The molecule has 25 heavy (non-hydrogen) atoms. The highest BCUT2D eigenvalue weighted by atomic mass is 32.2. The molecular weight excluding hydrogens is 361 g/mol. The number of primary sulfonamides is 1. The highest BCUT2D eigenvalue weighted by Gasteiger charge is 2.30. The number of anilines is 1. The Morgan fingerprint density at radius 3 is 2.32 bits per heavy atom. The van der Waals surface area contributed by atoms with Crippen LogP contribution in [0.5, 0.6) is 5.75 Å². The van der Waals surface area contributed by atoms with E-state index in [1.165, 1.54) is 36.4 Å². The smallest absolute Gasteiger partial charge is 0.416 e. The van der Waals surface area contributed by atoms with Crippen molar-refractivity contribution in [3.05, 3.63) is 54.1 Å². The van der Waals surface area contributed by atoms with E-state index in [9.17, 15) is 26.4 Å². The minimum absolute atomic E-state index is 0.102. The molecule has 0 aliphatic carbocycles. The van der Waals surface area contributed by atoms with E-state index in [-0.39, 0.29) is 16.3 Å². The molecule has 3 N–H and O–H groups in total. The van der Waals surface area contributed by atoms with Gasteiger partial charge in [0.25, 0.3) is 5.91 Å². The van der Waals surface area contributed by atoms with Crippen molar-refractivity contribution in [3.63, 3.8) is 0 Å². The van der Waals surface area contributed by atoms with E-state index < -0.39 is 34.3 Å². The van der Waals surface area contributed by atoms with Crippen LogP contribution in [-0.4, -0.2) is 20.9 Å². The summed E-state index contributed by atoms with van der Waals surface area (Å²) in [5.74, 6) is -0.727. The number of hydrogen-bond donors (Lipinski definition) is 2. The van der Waals surface area contributed by atoms with Gasteiger partial charge in [-0.1, -0.05) is 6.07 Å². The molecule has 0 saturated heterocycles. The molecule has 2 aromatic carbocycles. The van der Waals surface area contributed by atoms with Gasteiger partial charge in [0.1, 0.15) is 5.75 Å². The van der Waals surface area contributed by atoms with Crippen molar-refractivity contribution in [2.75, 3.05) is 11.9 Å². The molecule has 0 radical (unpaired) electrons. The van der Waals surface area contributed by atoms with Gasteiger partial charge in [0.15, 0.2) is 6.61 Å². The average Bonchev–Trinajstić information content (AvgIpc) is 2.52. The summed E-state index contributed by atoms with van der Waals surface area (Å²) in [5.41, 5.74) is -0.603. The van der Waals surface area contributed by atoms with Gasteiger partial charge in [-0.3, -0.25) is 4.79 Å². The third-order valence-electron chi connectivity index (χ3n) is 3.00. The van der Waals surface area contributed by atoms with E-state index in [4.69, 9.17) is 9.88 Å². The number of hydrogen-bond acceptors (Lipinski definition) is 4. The molecule has 0 atom stereocenters. The Hall–Kier alpha value is -2.59. The van der Waals surface area contributed by atoms with Crippen LogP contribution < -0.4 is 15.2 Å².